The first kappa shape index (κ1) is 61.9. The first-order valence-electron chi connectivity index (χ1n) is 26.3. The summed E-state index contributed by atoms with van der Waals surface area (Å²) < 4.78 is 23.6. The summed E-state index contributed by atoms with van der Waals surface area (Å²) >= 11 is 0. The molecule has 0 spiro atoms. The molecule has 1 amide bonds. The highest BCUT2D eigenvalue weighted by atomic mass is 31.2. The number of phosphoric acid groups is 1. The molecule has 0 aliphatic rings. The zero-order chi connectivity index (χ0) is 47.1. The standard InChI is InChI=1S/C55H101N2O6P/c1-6-8-10-12-14-16-18-20-22-23-24-25-26-27-28-29-30-31-32-33-35-36-38-40-42-44-46-48-54(58)53(52-63-64(60,61)62-51-50-57(3,4)5)56-55(59)49-47-45-43-41-39-37-34-21-19-17-15-13-11-9-7-2/h9,11,15,17,21,34,38-41,46,48,53-54,58H,6-8,10,12-14,16,18-20,22-33,35-37,42-45,47,49-52H2,1-5H3,(H-,56,59,60,61)/p+1/b11-9-,17-15-,34-21-,40-38+,41-39-,48-46+. The summed E-state index contributed by atoms with van der Waals surface area (Å²) in [4.78, 5) is 23.2. The van der Waals surface area contributed by atoms with Gasteiger partial charge in [0, 0.05) is 6.42 Å². The number of unbranched alkanes of at least 4 members (excludes halogenated alkanes) is 24. The zero-order valence-corrected chi connectivity index (χ0v) is 43.1. The van der Waals surface area contributed by atoms with Crippen LogP contribution in [0.2, 0.25) is 0 Å². The normalized spacial score (nSPS) is 14.7. The van der Waals surface area contributed by atoms with Crippen LogP contribution in [-0.4, -0.2) is 73.4 Å². The van der Waals surface area contributed by atoms with E-state index < -0.39 is 20.0 Å². The zero-order valence-electron chi connectivity index (χ0n) is 42.3. The minimum Gasteiger partial charge on any atom is -0.387 e. The molecule has 8 nitrogen and oxygen atoms in total. The third-order valence-electron chi connectivity index (χ3n) is 11.4. The minimum atomic E-state index is -4.37. The molecular weight excluding hydrogens is 816 g/mol. The van der Waals surface area contributed by atoms with E-state index in [1.807, 2.05) is 27.2 Å². The Hall–Kier alpha value is -2.06. The van der Waals surface area contributed by atoms with Crippen LogP contribution in [0.1, 0.15) is 219 Å². The highest BCUT2D eigenvalue weighted by Crippen LogP contribution is 2.43. The molecule has 0 aromatic rings. The predicted molar refractivity (Wildman–Crippen MR) is 276 cm³/mol. The second-order valence-corrected chi connectivity index (χ2v) is 20.3. The molecule has 0 bridgehead atoms. The summed E-state index contributed by atoms with van der Waals surface area (Å²) in [5.74, 6) is -0.229. The predicted octanol–water partition coefficient (Wildman–Crippen LogP) is 15.5. The molecule has 0 aliphatic carbocycles. The molecule has 0 aromatic heterocycles. The van der Waals surface area contributed by atoms with E-state index >= 15 is 0 Å². The summed E-state index contributed by atoms with van der Waals surface area (Å²) in [6.45, 7) is 4.65. The van der Waals surface area contributed by atoms with Crippen molar-refractivity contribution in [3.8, 4) is 0 Å². The van der Waals surface area contributed by atoms with Gasteiger partial charge in [-0.05, 0) is 70.6 Å². The van der Waals surface area contributed by atoms with Crippen molar-refractivity contribution in [2.45, 2.75) is 231 Å². The number of carbonyl (C=O) groups is 1. The van der Waals surface area contributed by atoms with Gasteiger partial charge in [-0.25, -0.2) is 4.57 Å². The van der Waals surface area contributed by atoms with Gasteiger partial charge in [0.25, 0.3) is 0 Å². The van der Waals surface area contributed by atoms with E-state index in [0.29, 0.717) is 23.9 Å². The fourth-order valence-electron chi connectivity index (χ4n) is 7.28. The number of allylic oxidation sites excluding steroid dienone is 11. The number of aliphatic hydroxyl groups is 1. The summed E-state index contributed by atoms with van der Waals surface area (Å²) in [5.41, 5.74) is 0. The van der Waals surface area contributed by atoms with Crippen molar-refractivity contribution in [3.63, 3.8) is 0 Å². The van der Waals surface area contributed by atoms with E-state index in [1.54, 1.807) is 6.08 Å². The van der Waals surface area contributed by atoms with Gasteiger partial charge in [-0.3, -0.25) is 13.8 Å². The molecule has 3 unspecified atom stereocenters. The third kappa shape index (κ3) is 47.9. The molecule has 0 heterocycles. The summed E-state index contributed by atoms with van der Waals surface area (Å²) in [5, 5.41) is 13.8. The second kappa shape index (κ2) is 46.1. The Morgan fingerprint density at radius 1 is 0.547 bits per heavy atom. The molecule has 0 saturated carbocycles. The number of nitrogens with zero attached hydrogens (tertiary/aromatic N) is 1. The van der Waals surface area contributed by atoms with Crippen molar-refractivity contribution >= 4 is 13.7 Å². The van der Waals surface area contributed by atoms with Gasteiger partial charge < -0.3 is 19.8 Å². The van der Waals surface area contributed by atoms with Gasteiger partial charge in [-0.2, -0.15) is 0 Å². The maximum atomic E-state index is 12.9. The number of nitrogens with one attached hydrogen (secondary N) is 1. The van der Waals surface area contributed by atoms with Crippen LogP contribution in [0.5, 0.6) is 0 Å². The highest BCUT2D eigenvalue weighted by Gasteiger charge is 2.27. The van der Waals surface area contributed by atoms with Crippen molar-refractivity contribution < 1.29 is 32.9 Å². The Balaban J connectivity index is 4.31. The Morgan fingerprint density at radius 3 is 1.44 bits per heavy atom. The van der Waals surface area contributed by atoms with E-state index in [1.165, 1.54) is 135 Å². The average molecular weight is 918 g/mol. The molecule has 0 aromatic carbocycles. The Bertz CT molecular complexity index is 1270. The lowest BCUT2D eigenvalue weighted by Gasteiger charge is -2.25. The monoisotopic (exact) mass is 918 g/mol. The van der Waals surface area contributed by atoms with Crippen LogP contribution in [0.15, 0.2) is 72.9 Å². The fraction of sp³-hybridized carbons (Fsp3) is 0.764. The molecule has 0 aliphatic heterocycles. The van der Waals surface area contributed by atoms with Crippen LogP contribution >= 0.6 is 7.82 Å². The number of hydrogen-bond acceptors (Lipinski definition) is 5. The van der Waals surface area contributed by atoms with Gasteiger partial charge in [-0.1, -0.05) is 215 Å². The summed E-state index contributed by atoms with van der Waals surface area (Å²) in [6.07, 6.45) is 63.0. The number of amides is 1. The van der Waals surface area contributed by atoms with Gasteiger partial charge >= 0.3 is 7.82 Å². The topological polar surface area (TPSA) is 105 Å². The molecule has 0 saturated heterocycles. The van der Waals surface area contributed by atoms with Crippen molar-refractivity contribution in [1.29, 1.82) is 0 Å². The molecule has 0 radical (unpaired) electrons. The average Bonchev–Trinajstić information content (AvgIpc) is 3.25. The molecule has 64 heavy (non-hydrogen) atoms. The molecule has 9 heteroatoms. The number of phosphoric ester groups is 1. The van der Waals surface area contributed by atoms with Crippen LogP contribution in [0.3, 0.4) is 0 Å². The van der Waals surface area contributed by atoms with Crippen molar-refractivity contribution in [2.24, 2.45) is 0 Å². The SMILES string of the molecule is CC/C=C\C/C=C\C/C=C\C/C=C\CCCCC(=O)NC(COP(=O)(O)OCC[N+](C)(C)C)C(O)/C=C/CC/C=C/CCCCCCCCCCCCCCCCCCCCCCC. The molecule has 372 valence electrons. The number of hydrogen-bond donors (Lipinski definition) is 3. The Labute approximate surface area is 395 Å². The van der Waals surface area contributed by atoms with Gasteiger partial charge in [0.1, 0.15) is 13.2 Å². The quantitative estimate of drug-likeness (QED) is 0.0243. The third-order valence-corrected chi connectivity index (χ3v) is 12.4. The molecule has 0 rings (SSSR count). The van der Waals surface area contributed by atoms with Crippen LogP contribution in [0, 0.1) is 0 Å². The highest BCUT2D eigenvalue weighted by molar-refractivity contribution is 7.47. The van der Waals surface area contributed by atoms with Gasteiger partial charge in [0.05, 0.1) is 39.9 Å². The summed E-state index contributed by atoms with van der Waals surface area (Å²) in [6, 6.07) is -0.889. The first-order valence-corrected chi connectivity index (χ1v) is 27.8. The largest absolute Gasteiger partial charge is 0.472 e. The number of carbonyl (C=O) groups excluding carboxylic acids is 1. The molecule has 3 atom stereocenters. The van der Waals surface area contributed by atoms with E-state index in [2.05, 4.69) is 79.9 Å². The molecular formula is C55H102N2O6P+. The minimum absolute atomic E-state index is 0.0448. The van der Waals surface area contributed by atoms with Crippen molar-refractivity contribution in [2.75, 3.05) is 40.9 Å². The van der Waals surface area contributed by atoms with Crippen LogP contribution in [0.25, 0.3) is 0 Å². The van der Waals surface area contributed by atoms with Crippen LogP contribution in [-0.2, 0) is 18.4 Å². The molecule has 3 N–H and O–H groups in total. The van der Waals surface area contributed by atoms with E-state index in [4.69, 9.17) is 9.05 Å². The number of aliphatic hydroxyl groups excluding tert-OH is 1. The van der Waals surface area contributed by atoms with Crippen molar-refractivity contribution in [1.82, 2.24) is 5.32 Å². The lowest BCUT2D eigenvalue weighted by molar-refractivity contribution is -0.870. The fourth-order valence-corrected chi connectivity index (χ4v) is 8.02. The maximum Gasteiger partial charge on any atom is 0.472 e. The van der Waals surface area contributed by atoms with Crippen LogP contribution < -0.4 is 5.32 Å². The summed E-state index contributed by atoms with van der Waals surface area (Å²) in [7, 11) is 1.52. The smallest absolute Gasteiger partial charge is 0.387 e. The number of quaternary nitrogens is 1. The van der Waals surface area contributed by atoms with Crippen LogP contribution in [0.4, 0.5) is 0 Å². The Kier molecular flexibility index (Phi) is 44.6. The number of rotatable bonds is 47. The lowest BCUT2D eigenvalue weighted by Crippen LogP contribution is -2.45. The van der Waals surface area contributed by atoms with Gasteiger partial charge in [-0.15, -0.1) is 0 Å². The van der Waals surface area contributed by atoms with Gasteiger partial charge in [0.2, 0.25) is 5.91 Å². The second-order valence-electron chi connectivity index (χ2n) is 18.9. The maximum absolute atomic E-state index is 12.9. The number of likely N-dealkylation sites (N-methyl/N-ethyl adjacent to an activating group) is 1. The van der Waals surface area contributed by atoms with Crippen molar-refractivity contribution in [3.05, 3.63) is 72.9 Å². The lowest BCUT2D eigenvalue weighted by atomic mass is 10.0. The van der Waals surface area contributed by atoms with E-state index in [0.717, 1.165) is 57.8 Å². The van der Waals surface area contributed by atoms with E-state index in [-0.39, 0.29) is 19.1 Å². The first-order chi connectivity index (χ1) is 31.0. The van der Waals surface area contributed by atoms with Gasteiger partial charge in [0.15, 0.2) is 0 Å². The van der Waals surface area contributed by atoms with E-state index in [9.17, 15) is 19.4 Å². The Morgan fingerprint density at radius 2 is 0.953 bits per heavy atom. The molecule has 0 fully saturated rings.